The largest absolute Gasteiger partial charge is 0.324 e. The highest BCUT2D eigenvalue weighted by atomic mass is 15.1. The zero-order valence-electron chi connectivity index (χ0n) is 11.0. The van der Waals surface area contributed by atoms with Crippen molar-refractivity contribution in [3.05, 3.63) is 35.4 Å². The van der Waals surface area contributed by atoms with Crippen molar-refractivity contribution >= 4 is 0 Å². The van der Waals surface area contributed by atoms with Crippen LogP contribution >= 0.6 is 0 Å². The summed E-state index contributed by atoms with van der Waals surface area (Å²) in [5.74, 6) is 0. The first-order chi connectivity index (χ1) is 7.37. The highest BCUT2D eigenvalue weighted by molar-refractivity contribution is 5.22. The van der Waals surface area contributed by atoms with Crippen molar-refractivity contribution in [3.8, 4) is 0 Å². The van der Waals surface area contributed by atoms with E-state index in [-0.39, 0.29) is 5.54 Å². The van der Waals surface area contributed by atoms with Crippen LogP contribution in [0.5, 0.6) is 0 Å². The summed E-state index contributed by atoms with van der Waals surface area (Å²) in [5.41, 5.74) is 8.62. The second kappa shape index (κ2) is 5.46. The van der Waals surface area contributed by atoms with Crippen LogP contribution in [0.25, 0.3) is 0 Å². The summed E-state index contributed by atoms with van der Waals surface area (Å²) in [5, 5.41) is 0. The molecule has 0 amide bonds. The van der Waals surface area contributed by atoms with Gasteiger partial charge in [-0.25, -0.2) is 0 Å². The molecule has 1 aromatic rings. The lowest BCUT2D eigenvalue weighted by molar-refractivity contribution is 0.273. The fourth-order valence-corrected chi connectivity index (χ4v) is 1.96. The molecule has 2 N–H and O–H groups in total. The van der Waals surface area contributed by atoms with Crippen molar-refractivity contribution < 1.29 is 0 Å². The van der Waals surface area contributed by atoms with Gasteiger partial charge in [-0.3, -0.25) is 0 Å². The molecule has 0 aliphatic rings. The second-order valence-corrected chi connectivity index (χ2v) is 5.47. The average Bonchev–Trinajstić information content (AvgIpc) is 2.12. The Hall–Kier alpha value is -0.860. The van der Waals surface area contributed by atoms with Gasteiger partial charge in [0, 0.05) is 18.6 Å². The number of nitrogens with two attached hydrogens (primary N) is 1. The Balaban J connectivity index is 2.40. The molecule has 0 fully saturated rings. The molecule has 0 aromatic heterocycles. The van der Waals surface area contributed by atoms with Crippen LogP contribution in [0.4, 0.5) is 0 Å². The monoisotopic (exact) mass is 220 g/mol. The third kappa shape index (κ3) is 5.29. The Morgan fingerprint density at radius 1 is 1.31 bits per heavy atom. The maximum atomic E-state index is 5.99. The van der Waals surface area contributed by atoms with E-state index in [9.17, 15) is 0 Å². The number of rotatable bonds is 5. The van der Waals surface area contributed by atoms with E-state index in [4.69, 9.17) is 5.73 Å². The minimum atomic E-state index is -0.110. The number of nitrogens with zero attached hydrogens (tertiary/aromatic N) is 1. The summed E-state index contributed by atoms with van der Waals surface area (Å²) in [6.07, 6.45) is 1.09. The van der Waals surface area contributed by atoms with Crippen LogP contribution in [-0.4, -0.2) is 30.6 Å². The standard InChI is InChI=1S/C14H24N2/c1-12-6-5-7-13(10-12)8-9-16(4)11-14(2,3)15/h5-7,10H,8-9,11,15H2,1-4H3. The van der Waals surface area contributed by atoms with Gasteiger partial charge in [-0.15, -0.1) is 0 Å². The molecule has 1 aromatic carbocycles. The van der Waals surface area contributed by atoms with E-state index < -0.39 is 0 Å². The minimum Gasteiger partial charge on any atom is -0.324 e. The predicted molar refractivity (Wildman–Crippen MR) is 70.6 cm³/mol. The van der Waals surface area contributed by atoms with Gasteiger partial charge >= 0.3 is 0 Å². The summed E-state index contributed by atoms with van der Waals surface area (Å²) in [7, 11) is 2.13. The Labute approximate surface area is 99.5 Å². The van der Waals surface area contributed by atoms with Gasteiger partial charge in [0.25, 0.3) is 0 Å². The van der Waals surface area contributed by atoms with Gasteiger partial charge in [-0.2, -0.15) is 0 Å². The number of hydrogen-bond acceptors (Lipinski definition) is 2. The molecule has 2 nitrogen and oxygen atoms in total. The van der Waals surface area contributed by atoms with E-state index >= 15 is 0 Å². The van der Waals surface area contributed by atoms with Gasteiger partial charge in [0.15, 0.2) is 0 Å². The highest BCUT2D eigenvalue weighted by Crippen LogP contribution is 2.06. The molecule has 0 spiro atoms. The molecule has 0 unspecified atom stereocenters. The Morgan fingerprint density at radius 3 is 2.56 bits per heavy atom. The van der Waals surface area contributed by atoms with Crippen LogP contribution in [0, 0.1) is 6.92 Å². The molecular weight excluding hydrogens is 196 g/mol. The molecule has 0 bridgehead atoms. The van der Waals surface area contributed by atoms with Gasteiger partial charge in [0.2, 0.25) is 0 Å². The summed E-state index contributed by atoms with van der Waals surface area (Å²) < 4.78 is 0. The van der Waals surface area contributed by atoms with Crippen molar-refractivity contribution in [3.63, 3.8) is 0 Å². The van der Waals surface area contributed by atoms with Gasteiger partial charge in [-0.05, 0) is 39.8 Å². The first kappa shape index (κ1) is 13.2. The molecule has 0 aliphatic heterocycles. The lowest BCUT2D eigenvalue weighted by atomic mass is 10.1. The van der Waals surface area contributed by atoms with Crippen LogP contribution in [0.3, 0.4) is 0 Å². The van der Waals surface area contributed by atoms with E-state index in [1.54, 1.807) is 0 Å². The van der Waals surface area contributed by atoms with Gasteiger partial charge in [0.05, 0.1) is 0 Å². The fraction of sp³-hybridized carbons (Fsp3) is 0.571. The SMILES string of the molecule is Cc1cccc(CCN(C)CC(C)(C)N)c1. The van der Waals surface area contributed by atoms with Crippen molar-refractivity contribution in [1.82, 2.24) is 4.90 Å². The number of benzene rings is 1. The van der Waals surface area contributed by atoms with Crippen molar-refractivity contribution in [2.75, 3.05) is 20.1 Å². The molecule has 0 aliphatic carbocycles. The summed E-state index contributed by atoms with van der Waals surface area (Å²) >= 11 is 0. The molecule has 0 radical (unpaired) electrons. The van der Waals surface area contributed by atoms with Crippen LogP contribution in [0.15, 0.2) is 24.3 Å². The summed E-state index contributed by atoms with van der Waals surface area (Å²) in [6, 6.07) is 8.70. The maximum Gasteiger partial charge on any atom is 0.0225 e. The van der Waals surface area contributed by atoms with Crippen molar-refractivity contribution in [1.29, 1.82) is 0 Å². The van der Waals surface area contributed by atoms with E-state index in [0.717, 1.165) is 19.5 Å². The molecule has 0 saturated carbocycles. The number of aryl methyl sites for hydroxylation is 1. The third-order valence-electron chi connectivity index (χ3n) is 2.54. The summed E-state index contributed by atoms with van der Waals surface area (Å²) in [6.45, 7) is 8.26. The van der Waals surface area contributed by atoms with Gasteiger partial charge in [-0.1, -0.05) is 29.8 Å². The van der Waals surface area contributed by atoms with Crippen LogP contribution < -0.4 is 5.73 Å². The van der Waals surface area contributed by atoms with E-state index in [1.807, 2.05) is 0 Å². The molecule has 0 heterocycles. The zero-order chi connectivity index (χ0) is 12.2. The quantitative estimate of drug-likeness (QED) is 0.824. The molecule has 0 saturated heterocycles. The molecule has 16 heavy (non-hydrogen) atoms. The van der Waals surface area contributed by atoms with Crippen LogP contribution in [-0.2, 0) is 6.42 Å². The van der Waals surface area contributed by atoms with Crippen molar-refractivity contribution in [2.24, 2.45) is 5.73 Å². The lowest BCUT2D eigenvalue weighted by Crippen LogP contribution is -2.44. The van der Waals surface area contributed by atoms with E-state index in [1.165, 1.54) is 11.1 Å². The van der Waals surface area contributed by atoms with E-state index in [2.05, 4.69) is 57.0 Å². The van der Waals surface area contributed by atoms with Crippen LogP contribution in [0.1, 0.15) is 25.0 Å². The van der Waals surface area contributed by atoms with Gasteiger partial charge < -0.3 is 10.6 Å². The lowest BCUT2D eigenvalue weighted by Gasteiger charge is -2.26. The highest BCUT2D eigenvalue weighted by Gasteiger charge is 2.13. The minimum absolute atomic E-state index is 0.110. The van der Waals surface area contributed by atoms with E-state index in [0.29, 0.717) is 0 Å². The number of likely N-dealkylation sites (N-methyl/N-ethyl adjacent to an activating group) is 1. The molecular formula is C14H24N2. The predicted octanol–water partition coefficient (Wildman–Crippen LogP) is 2.21. The molecule has 0 atom stereocenters. The average molecular weight is 220 g/mol. The maximum absolute atomic E-state index is 5.99. The normalized spacial score (nSPS) is 12.1. The van der Waals surface area contributed by atoms with Gasteiger partial charge in [0.1, 0.15) is 0 Å². The molecule has 1 rings (SSSR count). The van der Waals surface area contributed by atoms with Crippen LogP contribution in [0.2, 0.25) is 0 Å². The Bertz CT molecular complexity index is 326. The molecule has 2 heteroatoms. The summed E-state index contributed by atoms with van der Waals surface area (Å²) in [4.78, 5) is 2.29. The fourth-order valence-electron chi connectivity index (χ4n) is 1.96. The zero-order valence-corrected chi connectivity index (χ0v) is 11.0. The first-order valence-electron chi connectivity index (χ1n) is 5.90. The second-order valence-electron chi connectivity index (χ2n) is 5.47. The van der Waals surface area contributed by atoms with Crippen molar-refractivity contribution in [2.45, 2.75) is 32.7 Å². The molecule has 90 valence electrons. The topological polar surface area (TPSA) is 29.3 Å². The smallest absolute Gasteiger partial charge is 0.0225 e. The first-order valence-corrected chi connectivity index (χ1v) is 5.90. The Kier molecular flexibility index (Phi) is 4.51. The Morgan fingerprint density at radius 2 is 2.00 bits per heavy atom. The third-order valence-corrected chi connectivity index (χ3v) is 2.54. The number of hydrogen-bond donors (Lipinski definition) is 1.